The minimum Gasteiger partial charge on any atom is -0.481 e. The van der Waals surface area contributed by atoms with E-state index in [-0.39, 0.29) is 24.8 Å². The van der Waals surface area contributed by atoms with Crippen LogP contribution in [0.2, 0.25) is 5.02 Å². The molecule has 1 saturated heterocycles. The van der Waals surface area contributed by atoms with Gasteiger partial charge in [-0.3, -0.25) is 14.4 Å². The Morgan fingerprint density at radius 2 is 1.88 bits per heavy atom. The molecule has 180 valence electrons. The number of anilines is 1. The molecule has 2 amide bonds. The van der Waals surface area contributed by atoms with Gasteiger partial charge >= 0.3 is 5.97 Å². The highest BCUT2D eigenvalue weighted by Gasteiger charge is 2.28. The molecule has 2 heterocycles. The van der Waals surface area contributed by atoms with Crippen molar-refractivity contribution in [1.82, 2.24) is 15.5 Å². The molecule has 0 aliphatic carbocycles. The Labute approximate surface area is 203 Å². The molecule has 8 nitrogen and oxygen atoms in total. The molecule has 1 fully saturated rings. The molecule has 2 aromatic rings. The van der Waals surface area contributed by atoms with Gasteiger partial charge in [-0.15, -0.1) is 0 Å². The first kappa shape index (κ1) is 24.0. The second-order valence-electron chi connectivity index (χ2n) is 8.71. The van der Waals surface area contributed by atoms with Crippen LogP contribution in [-0.2, 0) is 22.4 Å². The van der Waals surface area contributed by atoms with Gasteiger partial charge in [0.25, 0.3) is 5.91 Å². The number of amides is 2. The summed E-state index contributed by atoms with van der Waals surface area (Å²) in [5.41, 5.74) is 3.40. The number of carboxylic acid groups (broad SMARTS) is 1. The Balaban J connectivity index is 1.42. The lowest BCUT2D eigenvalue weighted by molar-refractivity contribution is -0.137. The summed E-state index contributed by atoms with van der Waals surface area (Å²) >= 11 is 6.21. The molecule has 0 bridgehead atoms. The Morgan fingerprint density at radius 1 is 1.12 bits per heavy atom. The van der Waals surface area contributed by atoms with E-state index in [9.17, 15) is 19.5 Å². The topological polar surface area (TPSA) is 102 Å². The van der Waals surface area contributed by atoms with Crippen molar-refractivity contribution in [2.75, 3.05) is 44.2 Å². The van der Waals surface area contributed by atoms with E-state index in [1.165, 1.54) is 4.90 Å². The summed E-state index contributed by atoms with van der Waals surface area (Å²) in [6, 6.07) is 12.5. The highest BCUT2D eigenvalue weighted by Crippen LogP contribution is 2.25. The average molecular weight is 485 g/mol. The van der Waals surface area contributed by atoms with Gasteiger partial charge in [0.2, 0.25) is 5.91 Å². The van der Waals surface area contributed by atoms with Crippen LogP contribution < -0.4 is 15.5 Å². The first-order chi connectivity index (χ1) is 16.4. The van der Waals surface area contributed by atoms with Crippen LogP contribution >= 0.6 is 11.6 Å². The molecule has 1 atom stereocenters. The van der Waals surface area contributed by atoms with E-state index in [0.717, 1.165) is 43.0 Å². The third-order valence-electron chi connectivity index (χ3n) is 6.29. The van der Waals surface area contributed by atoms with Gasteiger partial charge in [0.05, 0.1) is 13.0 Å². The summed E-state index contributed by atoms with van der Waals surface area (Å²) in [7, 11) is 0. The van der Waals surface area contributed by atoms with Gasteiger partial charge in [-0.2, -0.15) is 0 Å². The first-order valence-electron chi connectivity index (χ1n) is 11.5. The lowest BCUT2D eigenvalue weighted by Gasteiger charge is -2.32. The molecule has 3 N–H and O–H groups in total. The molecule has 34 heavy (non-hydrogen) atoms. The molecular weight excluding hydrogens is 456 g/mol. The minimum atomic E-state index is -1.01. The number of halogens is 1. The van der Waals surface area contributed by atoms with E-state index in [2.05, 4.69) is 21.6 Å². The van der Waals surface area contributed by atoms with Crippen molar-refractivity contribution in [3.8, 4) is 0 Å². The van der Waals surface area contributed by atoms with Crippen molar-refractivity contribution in [3.05, 3.63) is 64.2 Å². The van der Waals surface area contributed by atoms with Crippen molar-refractivity contribution in [1.29, 1.82) is 0 Å². The molecule has 0 unspecified atom stereocenters. The largest absolute Gasteiger partial charge is 0.481 e. The van der Waals surface area contributed by atoms with Crippen molar-refractivity contribution >= 4 is 35.1 Å². The summed E-state index contributed by atoms with van der Waals surface area (Å²) in [4.78, 5) is 41.1. The lowest BCUT2D eigenvalue weighted by atomic mass is 9.97. The number of piperazine rings is 1. The number of nitrogens with one attached hydrogen (secondary N) is 2. The Hall–Kier alpha value is -3.10. The molecule has 2 aliphatic heterocycles. The Kier molecular flexibility index (Phi) is 7.70. The van der Waals surface area contributed by atoms with Gasteiger partial charge in [-0.05, 0) is 42.2 Å². The van der Waals surface area contributed by atoms with Crippen molar-refractivity contribution in [3.63, 3.8) is 0 Å². The summed E-state index contributed by atoms with van der Waals surface area (Å²) in [5.74, 6) is -1.57. The van der Waals surface area contributed by atoms with Crippen LogP contribution in [0.25, 0.3) is 0 Å². The molecular formula is C25H29ClN4O4. The van der Waals surface area contributed by atoms with E-state index in [1.54, 1.807) is 12.1 Å². The molecule has 4 rings (SSSR count). The standard InChI is InChI=1S/C25H29ClN4O4/c26-22-4-2-1-3-18(22)13-19(14-24(32)33)28-23(31)16-30-10-7-17-5-6-20(15-21(17)25(30)34)29-11-8-27-9-12-29/h1-6,15,19,27H,7-14,16H2,(H,28,31)(H,32,33)/t19-/m1/s1. The third kappa shape index (κ3) is 5.87. The summed E-state index contributed by atoms with van der Waals surface area (Å²) < 4.78 is 0. The molecule has 0 saturated carbocycles. The molecule has 2 aliphatic rings. The van der Waals surface area contributed by atoms with Crippen LogP contribution in [0.15, 0.2) is 42.5 Å². The zero-order chi connectivity index (χ0) is 24.1. The monoisotopic (exact) mass is 484 g/mol. The smallest absolute Gasteiger partial charge is 0.305 e. The maximum Gasteiger partial charge on any atom is 0.305 e. The van der Waals surface area contributed by atoms with Gasteiger partial charge in [-0.25, -0.2) is 0 Å². The van der Waals surface area contributed by atoms with Crippen LogP contribution in [-0.4, -0.2) is 73.1 Å². The van der Waals surface area contributed by atoms with Gasteiger partial charge in [0.1, 0.15) is 0 Å². The van der Waals surface area contributed by atoms with Crippen LogP contribution in [0.1, 0.15) is 27.9 Å². The normalized spacial score (nSPS) is 16.7. The van der Waals surface area contributed by atoms with Crippen LogP contribution in [0.5, 0.6) is 0 Å². The highest BCUT2D eigenvalue weighted by atomic mass is 35.5. The number of hydrogen-bond acceptors (Lipinski definition) is 5. The third-order valence-corrected chi connectivity index (χ3v) is 6.66. The Morgan fingerprint density at radius 3 is 2.62 bits per heavy atom. The molecule has 2 aromatic carbocycles. The van der Waals surface area contributed by atoms with E-state index in [4.69, 9.17) is 11.6 Å². The number of nitrogens with zero attached hydrogens (tertiary/aromatic N) is 2. The van der Waals surface area contributed by atoms with Gasteiger partial charge in [0, 0.05) is 55.0 Å². The number of carboxylic acids is 1. The fourth-order valence-electron chi connectivity index (χ4n) is 4.54. The van der Waals surface area contributed by atoms with Crippen molar-refractivity contribution in [2.24, 2.45) is 0 Å². The fourth-order valence-corrected chi connectivity index (χ4v) is 4.75. The number of carbonyl (C=O) groups excluding carboxylic acids is 2. The zero-order valence-electron chi connectivity index (χ0n) is 18.9. The molecule has 0 radical (unpaired) electrons. The summed E-state index contributed by atoms with van der Waals surface area (Å²) in [6.07, 6.45) is 0.735. The van der Waals surface area contributed by atoms with Crippen molar-refractivity contribution in [2.45, 2.75) is 25.3 Å². The van der Waals surface area contributed by atoms with E-state index in [0.29, 0.717) is 30.0 Å². The summed E-state index contributed by atoms with van der Waals surface area (Å²) in [5, 5.41) is 15.9. The highest BCUT2D eigenvalue weighted by molar-refractivity contribution is 6.31. The number of rotatable bonds is 8. The lowest BCUT2D eigenvalue weighted by Crippen LogP contribution is -2.47. The summed E-state index contributed by atoms with van der Waals surface area (Å²) in [6.45, 7) is 3.91. The second kappa shape index (κ2) is 10.9. The SMILES string of the molecule is O=C(O)C[C@@H](Cc1ccccc1Cl)NC(=O)CN1CCc2ccc(N3CCNCC3)cc2C1=O. The van der Waals surface area contributed by atoms with Gasteiger partial charge in [0.15, 0.2) is 0 Å². The van der Waals surface area contributed by atoms with Crippen LogP contribution in [0, 0.1) is 0 Å². The van der Waals surface area contributed by atoms with Crippen molar-refractivity contribution < 1.29 is 19.5 Å². The Bertz CT molecular complexity index is 1070. The van der Waals surface area contributed by atoms with Crippen LogP contribution in [0.4, 0.5) is 5.69 Å². The molecule has 0 aromatic heterocycles. The predicted molar refractivity (Wildman–Crippen MR) is 130 cm³/mol. The van der Waals surface area contributed by atoms with Crippen LogP contribution in [0.3, 0.4) is 0 Å². The minimum absolute atomic E-state index is 0.116. The average Bonchev–Trinajstić information content (AvgIpc) is 2.82. The van der Waals surface area contributed by atoms with Gasteiger partial charge in [-0.1, -0.05) is 35.9 Å². The first-order valence-corrected chi connectivity index (χ1v) is 11.9. The molecule has 0 spiro atoms. The van der Waals surface area contributed by atoms with E-state index < -0.39 is 12.0 Å². The second-order valence-corrected chi connectivity index (χ2v) is 9.12. The molecule has 9 heteroatoms. The van der Waals surface area contributed by atoms with E-state index >= 15 is 0 Å². The fraction of sp³-hybridized carbons (Fsp3) is 0.400. The number of benzene rings is 2. The zero-order valence-corrected chi connectivity index (χ0v) is 19.7. The maximum absolute atomic E-state index is 13.2. The maximum atomic E-state index is 13.2. The van der Waals surface area contributed by atoms with E-state index in [1.807, 2.05) is 24.3 Å². The number of carbonyl (C=O) groups is 3. The number of aliphatic carboxylic acids is 1. The number of fused-ring (bicyclic) bond motifs is 1. The predicted octanol–water partition coefficient (Wildman–Crippen LogP) is 1.95. The number of hydrogen-bond donors (Lipinski definition) is 3. The van der Waals surface area contributed by atoms with Gasteiger partial charge < -0.3 is 25.5 Å². The quantitative estimate of drug-likeness (QED) is 0.529.